The van der Waals surface area contributed by atoms with Gasteiger partial charge in [-0.1, -0.05) is 30.3 Å². The molecule has 0 aliphatic carbocycles. The Bertz CT molecular complexity index is 728. The van der Waals surface area contributed by atoms with Gasteiger partial charge in [-0.25, -0.2) is 10.0 Å². The lowest BCUT2D eigenvalue weighted by molar-refractivity contribution is 0.183. The third-order valence-electron chi connectivity index (χ3n) is 3.33. The predicted octanol–water partition coefficient (Wildman–Crippen LogP) is 3.29. The molecule has 0 unspecified atom stereocenters. The standard InChI is InChI=1S/C16H15N3O/c1-19(20-2)16-15-10-17-9-8-13(15)14(11-18-16)12-6-4-3-5-7-12/h3-11H,1-2H3. The molecule has 20 heavy (non-hydrogen) atoms. The van der Waals surface area contributed by atoms with Crippen LogP contribution >= 0.6 is 0 Å². The zero-order valence-electron chi connectivity index (χ0n) is 11.4. The van der Waals surface area contributed by atoms with Crippen LogP contribution in [-0.4, -0.2) is 24.1 Å². The maximum absolute atomic E-state index is 5.23. The predicted molar refractivity (Wildman–Crippen MR) is 80.4 cm³/mol. The van der Waals surface area contributed by atoms with Crippen molar-refractivity contribution >= 4 is 16.6 Å². The summed E-state index contributed by atoms with van der Waals surface area (Å²) in [5.74, 6) is 0.760. The van der Waals surface area contributed by atoms with Gasteiger partial charge in [0.2, 0.25) is 0 Å². The van der Waals surface area contributed by atoms with Gasteiger partial charge in [0, 0.05) is 36.6 Å². The van der Waals surface area contributed by atoms with Crippen molar-refractivity contribution in [2.24, 2.45) is 0 Å². The highest BCUT2D eigenvalue weighted by molar-refractivity contribution is 6.01. The SMILES string of the molecule is CON(C)c1ncc(-c2ccccc2)c2ccncc12. The van der Waals surface area contributed by atoms with E-state index in [1.807, 2.05) is 43.7 Å². The van der Waals surface area contributed by atoms with Crippen molar-refractivity contribution in [3.05, 3.63) is 55.0 Å². The number of benzene rings is 1. The third kappa shape index (κ3) is 2.10. The van der Waals surface area contributed by atoms with Crippen molar-refractivity contribution in [2.45, 2.75) is 0 Å². The van der Waals surface area contributed by atoms with Crippen LogP contribution in [0.5, 0.6) is 0 Å². The van der Waals surface area contributed by atoms with Crippen molar-refractivity contribution in [3.63, 3.8) is 0 Å². The third-order valence-corrected chi connectivity index (χ3v) is 3.33. The van der Waals surface area contributed by atoms with Gasteiger partial charge in [0.15, 0.2) is 5.82 Å². The molecular formula is C16H15N3O. The molecular weight excluding hydrogens is 250 g/mol. The van der Waals surface area contributed by atoms with E-state index in [4.69, 9.17) is 4.84 Å². The highest BCUT2D eigenvalue weighted by atomic mass is 16.7. The van der Waals surface area contributed by atoms with Crippen LogP contribution in [0.1, 0.15) is 0 Å². The molecule has 0 amide bonds. The van der Waals surface area contributed by atoms with Gasteiger partial charge in [-0.3, -0.25) is 9.82 Å². The molecule has 0 aliphatic heterocycles. The van der Waals surface area contributed by atoms with Crippen molar-refractivity contribution in [1.82, 2.24) is 9.97 Å². The van der Waals surface area contributed by atoms with E-state index in [2.05, 4.69) is 22.1 Å². The zero-order chi connectivity index (χ0) is 13.9. The first kappa shape index (κ1) is 12.6. The van der Waals surface area contributed by atoms with Crippen molar-refractivity contribution in [2.75, 3.05) is 19.2 Å². The molecule has 0 spiro atoms. The second-order valence-corrected chi connectivity index (χ2v) is 4.46. The van der Waals surface area contributed by atoms with E-state index in [0.717, 1.165) is 27.7 Å². The summed E-state index contributed by atoms with van der Waals surface area (Å²) in [7, 11) is 3.45. The molecule has 2 aromatic heterocycles. The summed E-state index contributed by atoms with van der Waals surface area (Å²) in [5.41, 5.74) is 2.24. The van der Waals surface area contributed by atoms with E-state index in [1.54, 1.807) is 18.4 Å². The molecule has 0 saturated carbocycles. The summed E-state index contributed by atoms with van der Waals surface area (Å²) in [4.78, 5) is 14.0. The van der Waals surface area contributed by atoms with Crippen molar-refractivity contribution < 1.29 is 4.84 Å². The Kier molecular flexibility index (Phi) is 3.31. The Balaban J connectivity index is 2.27. The summed E-state index contributed by atoms with van der Waals surface area (Å²) in [5, 5.41) is 3.72. The first-order valence-electron chi connectivity index (χ1n) is 6.37. The molecule has 0 saturated heterocycles. The number of rotatable bonds is 3. The minimum absolute atomic E-state index is 0.760. The van der Waals surface area contributed by atoms with E-state index < -0.39 is 0 Å². The normalized spacial score (nSPS) is 10.7. The number of anilines is 1. The molecule has 4 heteroatoms. The Hall–Kier alpha value is -2.46. The summed E-state index contributed by atoms with van der Waals surface area (Å²) in [6.45, 7) is 0. The van der Waals surface area contributed by atoms with Gasteiger partial charge in [0.1, 0.15) is 0 Å². The van der Waals surface area contributed by atoms with Crippen molar-refractivity contribution in [3.8, 4) is 11.1 Å². The highest BCUT2D eigenvalue weighted by Crippen LogP contribution is 2.31. The fourth-order valence-corrected chi connectivity index (χ4v) is 2.26. The Morgan fingerprint density at radius 3 is 2.55 bits per heavy atom. The summed E-state index contributed by atoms with van der Waals surface area (Å²) in [6.07, 6.45) is 5.49. The van der Waals surface area contributed by atoms with E-state index in [9.17, 15) is 0 Å². The van der Waals surface area contributed by atoms with Crippen LogP contribution in [-0.2, 0) is 4.84 Å². The maximum Gasteiger partial charge on any atom is 0.161 e. The number of nitrogens with zero attached hydrogens (tertiary/aromatic N) is 3. The first-order chi connectivity index (χ1) is 9.81. The molecule has 2 heterocycles. The van der Waals surface area contributed by atoms with E-state index in [-0.39, 0.29) is 0 Å². The van der Waals surface area contributed by atoms with Crippen LogP contribution in [0.4, 0.5) is 5.82 Å². The lowest BCUT2D eigenvalue weighted by atomic mass is 10.0. The second-order valence-electron chi connectivity index (χ2n) is 4.46. The molecule has 1 aromatic carbocycles. The van der Waals surface area contributed by atoms with Gasteiger partial charge >= 0.3 is 0 Å². The lowest BCUT2D eigenvalue weighted by Gasteiger charge is -2.18. The van der Waals surface area contributed by atoms with Gasteiger partial charge in [0.05, 0.1) is 7.11 Å². The fourth-order valence-electron chi connectivity index (χ4n) is 2.26. The topological polar surface area (TPSA) is 38.2 Å². The van der Waals surface area contributed by atoms with Gasteiger partial charge in [-0.05, 0) is 17.0 Å². The average Bonchev–Trinajstić information content (AvgIpc) is 2.54. The molecule has 3 rings (SSSR count). The van der Waals surface area contributed by atoms with Gasteiger partial charge in [-0.2, -0.15) is 0 Å². The Morgan fingerprint density at radius 2 is 1.80 bits per heavy atom. The van der Waals surface area contributed by atoms with Crippen LogP contribution in [0.2, 0.25) is 0 Å². The number of hydrogen-bond donors (Lipinski definition) is 0. The largest absolute Gasteiger partial charge is 0.276 e. The van der Waals surface area contributed by atoms with Crippen LogP contribution in [0.3, 0.4) is 0 Å². The molecule has 3 aromatic rings. The number of fused-ring (bicyclic) bond motifs is 1. The summed E-state index contributed by atoms with van der Waals surface area (Å²) < 4.78 is 0. The number of aromatic nitrogens is 2. The average molecular weight is 265 g/mol. The smallest absolute Gasteiger partial charge is 0.161 e. The second kappa shape index (κ2) is 5.27. The Morgan fingerprint density at radius 1 is 1.00 bits per heavy atom. The highest BCUT2D eigenvalue weighted by Gasteiger charge is 2.11. The molecule has 0 bridgehead atoms. The van der Waals surface area contributed by atoms with Gasteiger partial charge < -0.3 is 0 Å². The van der Waals surface area contributed by atoms with Crippen LogP contribution in [0, 0.1) is 0 Å². The maximum atomic E-state index is 5.23. The number of hydrogen-bond acceptors (Lipinski definition) is 4. The van der Waals surface area contributed by atoms with Crippen LogP contribution in [0.25, 0.3) is 21.9 Å². The van der Waals surface area contributed by atoms with Crippen LogP contribution < -0.4 is 5.06 Å². The molecule has 0 aliphatic rings. The zero-order valence-corrected chi connectivity index (χ0v) is 11.4. The number of pyridine rings is 2. The Labute approximate surface area is 117 Å². The fraction of sp³-hybridized carbons (Fsp3) is 0.125. The lowest BCUT2D eigenvalue weighted by Crippen LogP contribution is -2.16. The molecule has 0 radical (unpaired) electrons. The quantitative estimate of drug-likeness (QED) is 0.681. The molecule has 0 fully saturated rings. The van der Waals surface area contributed by atoms with E-state index in [1.165, 1.54) is 0 Å². The van der Waals surface area contributed by atoms with E-state index >= 15 is 0 Å². The molecule has 4 nitrogen and oxygen atoms in total. The summed E-state index contributed by atoms with van der Waals surface area (Å²) >= 11 is 0. The van der Waals surface area contributed by atoms with E-state index in [0.29, 0.717) is 0 Å². The van der Waals surface area contributed by atoms with Crippen molar-refractivity contribution in [1.29, 1.82) is 0 Å². The minimum atomic E-state index is 0.760. The van der Waals surface area contributed by atoms with Gasteiger partial charge in [-0.15, -0.1) is 0 Å². The molecule has 100 valence electrons. The first-order valence-corrected chi connectivity index (χ1v) is 6.37. The number of hydroxylamine groups is 1. The molecule has 0 N–H and O–H groups in total. The van der Waals surface area contributed by atoms with Crippen LogP contribution in [0.15, 0.2) is 55.0 Å². The summed E-state index contributed by atoms with van der Waals surface area (Å²) in [6, 6.07) is 12.2. The van der Waals surface area contributed by atoms with Gasteiger partial charge in [0.25, 0.3) is 0 Å². The monoisotopic (exact) mass is 265 g/mol. The molecule has 0 atom stereocenters. The minimum Gasteiger partial charge on any atom is -0.276 e.